The van der Waals surface area contributed by atoms with Crippen LogP contribution in [-0.2, 0) is 9.53 Å². The van der Waals surface area contributed by atoms with Crippen LogP contribution in [0, 0.1) is 0 Å². The summed E-state index contributed by atoms with van der Waals surface area (Å²) in [5.41, 5.74) is 1.13. The van der Waals surface area contributed by atoms with E-state index in [1.54, 1.807) is 31.4 Å². The van der Waals surface area contributed by atoms with Gasteiger partial charge in [0.15, 0.2) is 22.9 Å². The highest BCUT2D eigenvalue weighted by molar-refractivity contribution is 9.10. The van der Waals surface area contributed by atoms with Gasteiger partial charge in [0.05, 0.1) is 18.7 Å². The van der Waals surface area contributed by atoms with Crippen molar-refractivity contribution in [3.63, 3.8) is 0 Å². The quantitative estimate of drug-likeness (QED) is 0.353. The molecule has 1 N–H and O–H groups in total. The minimum atomic E-state index is -0.741. The maximum absolute atomic E-state index is 13.5. The van der Waals surface area contributed by atoms with Crippen molar-refractivity contribution in [1.82, 2.24) is 4.90 Å². The van der Waals surface area contributed by atoms with Crippen LogP contribution in [0.4, 0.5) is 0 Å². The van der Waals surface area contributed by atoms with E-state index in [1.807, 2.05) is 24.3 Å². The molecule has 1 unspecified atom stereocenters. The average Bonchev–Trinajstić information content (AvgIpc) is 3.34. The number of aliphatic hydroxyl groups excluding tert-OH is 1. The van der Waals surface area contributed by atoms with Gasteiger partial charge >= 0.3 is 0 Å². The van der Waals surface area contributed by atoms with Crippen molar-refractivity contribution in [2.24, 2.45) is 0 Å². The molecule has 0 fully saturated rings. The summed E-state index contributed by atoms with van der Waals surface area (Å²) in [5.74, 6) is -1.18. The number of nitrogens with zero attached hydrogens (tertiary/aromatic N) is 1. The van der Waals surface area contributed by atoms with E-state index in [0.717, 1.165) is 4.47 Å². The van der Waals surface area contributed by atoms with Gasteiger partial charge in [0.2, 0.25) is 5.78 Å². The number of furan rings is 1. The number of carbonyl (C=O) groups excluding carboxylic acids is 2. The fourth-order valence-corrected chi connectivity index (χ4v) is 4.19. The van der Waals surface area contributed by atoms with Gasteiger partial charge in [-0.15, -0.1) is 0 Å². The summed E-state index contributed by atoms with van der Waals surface area (Å²) < 4.78 is 17.1. The molecule has 2 aromatic carbocycles. The molecule has 166 valence electrons. The third-order valence-electron chi connectivity index (χ3n) is 5.43. The summed E-state index contributed by atoms with van der Waals surface area (Å²) in [6.07, 6.45) is 0.561. The topological polar surface area (TPSA) is 89.2 Å². The second-order valence-electron chi connectivity index (χ2n) is 7.38. The number of amides is 1. The Morgan fingerprint density at radius 2 is 1.94 bits per heavy atom. The first kappa shape index (κ1) is 22.1. The summed E-state index contributed by atoms with van der Waals surface area (Å²) in [7, 11) is 3.10. The fraction of sp³-hybridized carbons (Fsp3) is 0.250. The lowest BCUT2D eigenvalue weighted by atomic mass is 9.95. The normalized spacial score (nSPS) is 16.3. The number of ketones is 1. The van der Waals surface area contributed by atoms with E-state index >= 15 is 0 Å². The monoisotopic (exact) mass is 499 g/mol. The SMILES string of the molecule is COCCCN1C(=O)C(O)=C(C(=O)c2cc3cccc(OC)c3o2)C1c1ccc(Br)cc1. The van der Waals surface area contributed by atoms with Crippen LogP contribution >= 0.6 is 15.9 Å². The van der Waals surface area contributed by atoms with Crippen LogP contribution < -0.4 is 4.74 Å². The van der Waals surface area contributed by atoms with E-state index in [0.29, 0.717) is 41.9 Å². The highest BCUT2D eigenvalue weighted by Gasteiger charge is 2.44. The van der Waals surface area contributed by atoms with E-state index in [9.17, 15) is 14.7 Å². The third-order valence-corrected chi connectivity index (χ3v) is 5.96. The highest BCUT2D eigenvalue weighted by atomic mass is 79.9. The predicted molar refractivity (Wildman–Crippen MR) is 122 cm³/mol. The van der Waals surface area contributed by atoms with Gasteiger partial charge in [-0.1, -0.05) is 40.2 Å². The highest BCUT2D eigenvalue weighted by Crippen LogP contribution is 2.40. The minimum Gasteiger partial charge on any atom is -0.503 e. The van der Waals surface area contributed by atoms with Crippen LogP contribution in [0.2, 0.25) is 0 Å². The molecule has 0 radical (unpaired) electrons. The molecule has 4 rings (SSSR count). The molecule has 3 aromatic rings. The van der Waals surface area contributed by atoms with Crippen LogP contribution in [0.3, 0.4) is 0 Å². The summed E-state index contributed by atoms with van der Waals surface area (Å²) >= 11 is 3.41. The number of Topliss-reactive ketones (excluding diaryl/α,β-unsaturated/α-hetero) is 1. The second kappa shape index (κ2) is 9.18. The molecular weight excluding hydrogens is 478 g/mol. The number of benzene rings is 2. The molecule has 7 nitrogen and oxygen atoms in total. The van der Waals surface area contributed by atoms with E-state index in [4.69, 9.17) is 13.9 Å². The summed E-state index contributed by atoms with van der Waals surface area (Å²) in [6.45, 7) is 0.770. The summed E-state index contributed by atoms with van der Waals surface area (Å²) in [5, 5.41) is 11.4. The van der Waals surface area contributed by atoms with Crippen LogP contribution in [0.1, 0.15) is 28.6 Å². The Labute approximate surface area is 193 Å². The van der Waals surface area contributed by atoms with Gasteiger partial charge in [0, 0.05) is 30.1 Å². The summed E-state index contributed by atoms with van der Waals surface area (Å²) in [4.78, 5) is 28.0. The molecule has 32 heavy (non-hydrogen) atoms. The van der Waals surface area contributed by atoms with Crippen molar-refractivity contribution in [1.29, 1.82) is 0 Å². The number of methoxy groups -OCH3 is 2. The standard InChI is InChI=1S/C24H22BrNO6/c1-30-12-4-11-26-20(14-7-9-16(25)10-8-14)19(22(28)24(26)29)21(27)18-13-15-5-3-6-17(31-2)23(15)32-18/h3,5-10,13,20,28H,4,11-12H2,1-2H3. The number of fused-ring (bicyclic) bond motifs is 1. The fourth-order valence-electron chi connectivity index (χ4n) is 3.93. The first-order chi connectivity index (χ1) is 15.5. The van der Waals surface area contributed by atoms with Crippen molar-refractivity contribution in [3.8, 4) is 5.75 Å². The Morgan fingerprint density at radius 3 is 2.62 bits per heavy atom. The van der Waals surface area contributed by atoms with Gasteiger partial charge in [-0.25, -0.2) is 0 Å². The smallest absolute Gasteiger partial charge is 0.290 e. The molecule has 0 bridgehead atoms. The molecule has 2 heterocycles. The largest absolute Gasteiger partial charge is 0.503 e. The maximum atomic E-state index is 13.5. The van der Waals surface area contributed by atoms with Crippen LogP contribution in [0.25, 0.3) is 11.0 Å². The molecule has 0 saturated heterocycles. The van der Waals surface area contributed by atoms with Crippen molar-refractivity contribution in [2.45, 2.75) is 12.5 Å². The van der Waals surface area contributed by atoms with Crippen molar-refractivity contribution < 1.29 is 28.6 Å². The molecule has 1 aliphatic heterocycles. The molecule has 1 amide bonds. The maximum Gasteiger partial charge on any atom is 0.290 e. The van der Waals surface area contributed by atoms with E-state index in [-0.39, 0.29) is 11.3 Å². The number of hydrogen-bond donors (Lipinski definition) is 1. The number of para-hydroxylation sites is 1. The molecule has 1 aliphatic rings. The zero-order valence-electron chi connectivity index (χ0n) is 17.6. The summed E-state index contributed by atoms with van der Waals surface area (Å²) in [6, 6.07) is 13.5. The second-order valence-corrected chi connectivity index (χ2v) is 8.30. The lowest BCUT2D eigenvalue weighted by Crippen LogP contribution is -2.32. The number of hydrogen-bond acceptors (Lipinski definition) is 6. The molecule has 1 aromatic heterocycles. The molecule has 0 spiro atoms. The van der Waals surface area contributed by atoms with Crippen LogP contribution in [-0.4, -0.2) is 49.1 Å². The third kappa shape index (κ3) is 3.91. The minimum absolute atomic E-state index is 0.00670. The van der Waals surface area contributed by atoms with Crippen molar-refractivity contribution in [3.05, 3.63) is 75.7 Å². The van der Waals surface area contributed by atoms with Gasteiger partial charge in [0.1, 0.15) is 0 Å². The molecule has 8 heteroatoms. The molecule has 0 aliphatic carbocycles. The number of rotatable bonds is 8. The van der Waals surface area contributed by atoms with Crippen molar-refractivity contribution in [2.75, 3.05) is 27.4 Å². The lowest BCUT2D eigenvalue weighted by molar-refractivity contribution is -0.129. The predicted octanol–water partition coefficient (Wildman–Crippen LogP) is 4.82. The number of carbonyl (C=O) groups is 2. The van der Waals surface area contributed by atoms with E-state index in [2.05, 4.69) is 15.9 Å². The first-order valence-electron chi connectivity index (χ1n) is 10.1. The van der Waals surface area contributed by atoms with Gasteiger partial charge in [-0.3, -0.25) is 9.59 Å². The lowest BCUT2D eigenvalue weighted by Gasteiger charge is -2.26. The first-order valence-corrected chi connectivity index (χ1v) is 10.8. The zero-order valence-corrected chi connectivity index (χ0v) is 19.2. The van der Waals surface area contributed by atoms with Crippen molar-refractivity contribution >= 4 is 38.6 Å². The number of ether oxygens (including phenoxy) is 2. The molecule has 1 atom stereocenters. The Bertz CT molecular complexity index is 1200. The Balaban J connectivity index is 1.78. The Kier molecular flexibility index (Phi) is 6.34. The van der Waals surface area contributed by atoms with E-state index < -0.39 is 23.5 Å². The van der Waals surface area contributed by atoms with Gasteiger partial charge in [-0.2, -0.15) is 0 Å². The van der Waals surface area contributed by atoms with E-state index in [1.165, 1.54) is 12.0 Å². The Morgan fingerprint density at radius 1 is 1.19 bits per heavy atom. The average molecular weight is 500 g/mol. The number of aliphatic hydroxyl groups is 1. The van der Waals surface area contributed by atoms with Gasteiger partial charge in [0.25, 0.3) is 5.91 Å². The van der Waals surface area contributed by atoms with Crippen LogP contribution in [0.15, 0.2) is 68.8 Å². The van der Waals surface area contributed by atoms with Gasteiger partial charge < -0.3 is 23.9 Å². The molecule has 0 saturated carbocycles. The Hall–Kier alpha value is -3.10. The van der Waals surface area contributed by atoms with Gasteiger partial charge in [-0.05, 0) is 36.2 Å². The molecular formula is C24H22BrNO6. The zero-order chi connectivity index (χ0) is 22.8. The van der Waals surface area contributed by atoms with Crippen LogP contribution in [0.5, 0.6) is 5.75 Å². The number of halogens is 1.